The minimum absolute atomic E-state index is 0.0321. The molecular formula is C36H39F2NO7. The highest BCUT2D eigenvalue weighted by molar-refractivity contribution is 6.01. The van der Waals surface area contributed by atoms with Gasteiger partial charge in [-0.2, -0.15) is 0 Å². The van der Waals surface area contributed by atoms with Gasteiger partial charge in [-0.1, -0.05) is 43.3 Å². The molecule has 4 aliphatic carbocycles. The third-order valence-electron chi connectivity index (χ3n) is 11.9. The Bertz CT molecular complexity index is 1660. The van der Waals surface area contributed by atoms with Crippen molar-refractivity contribution >= 4 is 17.3 Å². The number of Topliss-reactive ketones (excluding diaryl/α,β-unsaturated/α-hetero) is 1. The Kier molecular flexibility index (Phi) is 7.14. The van der Waals surface area contributed by atoms with Crippen LogP contribution in [-0.2, 0) is 25.5 Å². The quantitative estimate of drug-likeness (QED) is 0.338. The summed E-state index contributed by atoms with van der Waals surface area (Å²) < 4.78 is 46.4. The number of fused-ring (bicyclic) bond motifs is 7. The molecule has 7 rings (SSSR count). The average Bonchev–Trinajstić information content (AvgIpc) is 3.54. The molecule has 0 aromatic heterocycles. The minimum atomic E-state index is -2.30. The molecule has 10 atom stereocenters. The van der Waals surface area contributed by atoms with Gasteiger partial charge in [-0.25, -0.2) is 8.78 Å². The lowest BCUT2D eigenvalue weighted by Gasteiger charge is -2.63. The molecule has 4 N–H and O–H groups in total. The highest BCUT2D eigenvalue weighted by atomic mass is 19.1. The molecule has 0 amide bonds. The second-order valence-corrected chi connectivity index (χ2v) is 14.0. The van der Waals surface area contributed by atoms with Crippen LogP contribution in [0.25, 0.3) is 0 Å². The van der Waals surface area contributed by atoms with Crippen molar-refractivity contribution in [2.45, 2.75) is 75.5 Å². The highest BCUT2D eigenvalue weighted by Gasteiger charge is 2.80. The summed E-state index contributed by atoms with van der Waals surface area (Å²) in [6.45, 7) is 2.46. The normalized spacial score (nSPS) is 40.8. The van der Waals surface area contributed by atoms with E-state index in [4.69, 9.17) is 9.47 Å². The van der Waals surface area contributed by atoms with E-state index in [0.29, 0.717) is 17.7 Å². The van der Waals surface area contributed by atoms with Crippen LogP contribution in [-0.4, -0.2) is 70.2 Å². The van der Waals surface area contributed by atoms with Crippen molar-refractivity contribution in [2.75, 3.05) is 19.0 Å². The summed E-state index contributed by atoms with van der Waals surface area (Å²) in [6.07, 6.45) is -0.906. The Labute approximate surface area is 266 Å². The summed E-state index contributed by atoms with van der Waals surface area (Å²) in [5.74, 6) is -2.48. The summed E-state index contributed by atoms with van der Waals surface area (Å²) in [5, 5.41) is 34.8. The van der Waals surface area contributed by atoms with Crippen LogP contribution < -0.4 is 5.32 Å². The molecule has 5 aliphatic rings. The Morgan fingerprint density at radius 2 is 1.80 bits per heavy atom. The minimum Gasteiger partial charge on any atom is -0.506 e. The number of benzene rings is 2. The first-order valence-electron chi connectivity index (χ1n) is 15.8. The first-order valence-corrected chi connectivity index (χ1v) is 15.8. The lowest BCUT2D eigenvalue weighted by Crippen LogP contribution is -2.70. The molecule has 244 valence electrons. The molecule has 0 radical (unpaired) electrons. The van der Waals surface area contributed by atoms with Crippen molar-refractivity contribution in [3.63, 3.8) is 0 Å². The number of aliphatic hydroxyl groups excluding tert-OH is 2. The Morgan fingerprint density at radius 3 is 2.50 bits per heavy atom. The number of carbonyl (C=O) groups excluding carboxylic acids is 2. The summed E-state index contributed by atoms with van der Waals surface area (Å²) in [5.41, 5.74) is -3.40. The fourth-order valence-corrected chi connectivity index (χ4v) is 9.64. The Balaban J connectivity index is 1.19. The van der Waals surface area contributed by atoms with Crippen LogP contribution >= 0.6 is 0 Å². The number of phenols is 1. The molecule has 10 heteroatoms. The number of rotatable bonds is 6. The number of halogens is 2. The molecule has 8 nitrogen and oxygen atoms in total. The molecule has 3 saturated carbocycles. The van der Waals surface area contributed by atoms with Crippen LogP contribution in [0, 0.1) is 22.7 Å². The monoisotopic (exact) mass is 635 g/mol. The third-order valence-corrected chi connectivity index (χ3v) is 11.9. The van der Waals surface area contributed by atoms with Crippen molar-refractivity contribution in [1.82, 2.24) is 0 Å². The van der Waals surface area contributed by atoms with E-state index in [1.54, 1.807) is 20.0 Å². The smallest absolute Gasteiger partial charge is 0.193 e. The molecule has 4 fully saturated rings. The molecule has 1 saturated heterocycles. The number of anilines is 1. The van der Waals surface area contributed by atoms with Gasteiger partial charge in [-0.15, -0.1) is 0 Å². The van der Waals surface area contributed by atoms with Gasteiger partial charge in [-0.05, 0) is 79.5 Å². The number of allylic oxidation sites excluding steroid dienone is 4. The van der Waals surface area contributed by atoms with Crippen LogP contribution in [0.1, 0.15) is 56.1 Å². The van der Waals surface area contributed by atoms with Crippen molar-refractivity contribution < 1.29 is 43.2 Å². The fraction of sp³-hybridized carbons (Fsp3) is 0.500. The van der Waals surface area contributed by atoms with Gasteiger partial charge >= 0.3 is 0 Å². The molecule has 1 heterocycles. The number of ether oxygens (including phenoxy) is 2. The zero-order valence-electron chi connectivity index (χ0n) is 26.0. The van der Waals surface area contributed by atoms with E-state index >= 15 is 8.78 Å². The lowest BCUT2D eigenvalue weighted by atomic mass is 9.44. The second-order valence-electron chi connectivity index (χ2n) is 14.0. The molecule has 2 aromatic rings. The number of nitrogens with one attached hydrogen (secondary N) is 1. The zero-order valence-corrected chi connectivity index (χ0v) is 26.0. The van der Waals surface area contributed by atoms with E-state index in [1.165, 1.54) is 19.1 Å². The van der Waals surface area contributed by atoms with Crippen LogP contribution in [0.15, 0.2) is 66.3 Å². The van der Waals surface area contributed by atoms with Crippen molar-refractivity contribution in [3.8, 4) is 5.75 Å². The van der Waals surface area contributed by atoms with E-state index < -0.39 is 76.8 Å². The number of alkyl halides is 2. The van der Waals surface area contributed by atoms with Crippen LogP contribution in [0.5, 0.6) is 5.75 Å². The average molecular weight is 636 g/mol. The first-order chi connectivity index (χ1) is 21.8. The van der Waals surface area contributed by atoms with Gasteiger partial charge in [0.25, 0.3) is 0 Å². The van der Waals surface area contributed by atoms with Crippen LogP contribution in [0.2, 0.25) is 0 Å². The van der Waals surface area contributed by atoms with Gasteiger partial charge in [-0.3, -0.25) is 9.59 Å². The molecule has 1 aliphatic heterocycles. The Hall–Kier alpha value is -3.44. The Morgan fingerprint density at radius 1 is 1.09 bits per heavy atom. The maximum atomic E-state index is 17.6. The van der Waals surface area contributed by atoms with E-state index in [9.17, 15) is 24.9 Å². The number of aliphatic hydroxyl groups is 2. The van der Waals surface area contributed by atoms with Crippen molar-refractivity contribution in [3.05, 3.63) is 83.0 Å². The van der Waals surface area contributed by atoms with Gasteiger partial charge in [0.15, 0.2) is 29.1 Å². The predicted molar refractivity (Wildman–Crippen MR) is 164 cm³/mol. The number of aromatic hydroxyl groups is 1. The molecular weight excluding hydrogens is 596 g/mol. The van der Waals surface area contributed by atoms with Gasteiger partial charge in [0.05, 0.1) is 17.9 Å². The molecule has 1 unspecified atom stereocenters. The zero-order chi connectivity index (χ0) is 32.8. The van der Waals surface area contributed by atoms with Crippen LogP contribution in [0.3, 0.4) is 0 Å². The fourth-order valence-electron chi connectivity index (χ4n) is 9.64. The maximum absolute atomic E-state index is 17.6. The maximum Gasteiger partial charge on any atom is 0.193 e. The molecule has 2 aromatic carbocycles. The summed E-state index contributed by atoms with van der Waals surface area (Å²) >= 11 is 0. The first kappa shape index (κ1) is 31.2. The molecule has 46 heavy (non-hydrogen) atoms. The third kappa shape index (κ3) is 4.03. The summed E-state index contributed by atoms with van der Waals surface area (Å²) in [4.78, 5) is 25.9. The number of hydrogen-bond donors (Lipinski definition) is 4. The van der Waals surface area contributed by atoms with Crippen molar-refractivity contribution in [1.29, 1.82) is 0 Å². The molecule has 0 spiro atoms. The standard InChI is InChI=1S/C36H39F2NO7/c1-33-11-10-22(41)14-25(33)26(37)15-24-23-16-31-36(30(44)18-40,34(23,2)17-29(43)35(24,33)38)46-32(45-31)21-7-4-19(5-8-21)12-20-6-9-28(42)27(13-20)39-3/h4-11,13-14,23-24,26,29,31-32,39-40,42-43H,12,15-18H2,1-3H3/t23?,24-,26-,29-,31+,32+,33-,34-,35-,36+/m0/s1. The van der Waals surface area contributed by atoms with E-state index in [2.05, 4.69) is 5.32 Å². The van der Waals surface area contributed by atoms with E-state index in [0.717, 1.165) is 17.2 Å². The van der Waals surface area contributed by atoms with Gasteiger partial charge in [0.1, 0.15) is 18.5 Å². The van der Waals surface area contributed by atoms with E-state index in [-0.39, 0.29) is 30.6 Å². The SMILES string of the molecule is CNc1cc(Cc2ccc([C@@H]3O[C@@H]4CC5[C@@H]6C[C@H](F)C7=CC(=O)C=C[C@]7(C)[C@@]6(F)[C@@H](O)C[C@]5(C)[C@]4(C(=O)CO)O3)cc2)ccc1O. The number of phenolic OH excluding ortho intramolecular Hbond substituents is 1. The highest BCUT2D eigenvalue weighted by Crippen LogP contribution is 2.72. The van der Waals surface area contributed by atoms with Gasteiger partial charge in [0.2, 0.25) is 0 Å². The van der Waals surface area contributed by atoms with E-state index in [1.807, 2.05) is 36.4 Å². The second kappa shape index (κ2) is 10.5. The largest absolute Gasteiger partial charge is 0.506 e. The number of ketones is 2. The van der Waals surface area contributed by atoms with Crippen molar-refractivity contribution in [2.24, 2.45) is 22.7 Å². The number of carbonyl (C=O) groups is 2. The predicted octanol–water partition coefficient (Wildman–Crippen LogP) is 4.67. The summed E-state index contributed by atoms with van der Waals surface area (Å²) in [6, 6.07) is 12.9. The van der Waals surface area contributed by atoms with Crippen LogP contribution in [0.4, 0.5) is 14.5 Å². The molecule has 0 bridgehead atoms. The topological polar surface area (TPSA) is 125 Å². The lowest BCUT2D eigenvalue weighted by molar-refractivity contribution is -0.235. The summed E-state index contributed by atoms with van der Waals surface area (Å²) in [7, 11) is 1.74. The van der Waals surface area contributed by atoms with Gasteiger partial charge in [0, 0.05) is 29.4 Å². The number of hydrogen-bond acceptors (Lipinski definition) is 8. The van der Waals surface area contributed by atoms with Gasteiger partial charge < -0.3 is 30.1 Å².